The molecule has 0 aliphatic heterocycles. The van der Waals surface area contributed by atoms with Crippen molar-refractivity contribution in [2.45, 2.75) is 58.1 Å². The van der Waals surface area contributed by atoms with Gasteiger partial charge in [-0.15, -0.1) is 0 Å². The summed E-state index contributed by atoms with van der Waals surface area (Å²) in [5.41, 5.74) is 1.18. The summed E-state index contributed by atoms with van der Waals surface area (Å²) in [5, 5.41) is 3.49. The molecule has 2 rings (SSSR count). The predicted octanol–water partition coefficient (Wildman–Crippen LogP) is 3.46. The van der Waals surface area contributed by atoms with E-state index in [1.807, 2.05) is 12.3 Å². The highest BCUT2D eigenvalue weighted by Crippen LogP contribution is 2.27. The first-order chi connectivity index (χ1) is 8.81. The number of nitrogens with zero attached hydrogens (tertiary/aromatic N) is 1. The Morgan fingerprint density at radius 3 is 2.94 bits per heavy atom. The van der Waals surface area contributed by atoms with Crippen LogP contribution in [0.3, 0.4) is 0 Å². The lowest BCUT2D eigenvalue weighted by Gasteiger charge is -2.19. The second kappa shape index (κ2) is 6.74. The summed E-state index contributed by atoms with van der Waals surface area (Å²) in [4.78, 5) is 4.41. The van der Waals surface area contributed by atoms with Gasteiger partial charge in [0.05, 0.1) is 0 Å². The molecular weight excluding hydrogens is 224 g/mol. The zero-order chi connectivity index (χ0) is 12.8. The largest absolute Gasteiger partial charge is 0.474 e. The van der Waals surface area contributed by atoms with Gasteiger partial charge in [0.1, 0.15) is 6.10 Å². The molecule has 0 saturated heterocycles. The minimum absolute atomic E-state index is 0.301. The first-order valence-corrected chi connectivity index (χ1v) is 7.16. The summed E-state index contributed by atoms with van der Waals surface area (Å²) in [6.07, 6.45) is 8.26. The van der Waals surface area contributed by atoms with Crippen molar-refractivity contribution in [3.63, 3.8) is 0 Å². The number of pyridine rings is 1. The van der Waals surface area contributed by atoms with Gasteiger partial charge < -0.3 is 10.1 Å². The van der Waals surface area contributed by atoms with Crippen molar-refractivity contribution in [3.05, 3.63) is 23.9 Å². The Bertz CT molecular complexity index is 361. The van der Waals surface area contributed by atoms with Gasteiger partial charge in [-0.25, -0.2) is 4.98 Å². The normalized spacial score (nSPS) is 17.9. The van der Waals surface area contributed by atoms with Crippen LogP contribution in [0.25, 0.3) is 0 Å². The fourth-order valence-electron chi connectivity index (χ4n) is 2.47. The Balaban J connectivity index is 2.04. The molecule has 1 saturated carbocycles. The molecule has 1 N–H and O–H groups in total. The summed E-state index contributed by atoms with van der Waals surface area (Å²) in [6.45, 7) is 5.38. The van der Waals surface area contributed by atoms with Gasteiger partial charge in [-0.2, -0.15) is 0 Å². The molecule has 1 aromatic rings. The minimum atomic E-state index is 0.301. The quantitative estimate of drug-likeness (QED) is 0.837. The molecule has 0 radical (unpaired) electrons. The summed E-state index contributed by atoms with van der Waals surface area (Å²) in [6, 6.07) is 4.40. The average molecular weight is 248 g/mol. The third-order valence-corrected chi connectivity index (χ3v) is 3.55. The Kier molecular flexibility index (Phi) is 5.00. The second-order valence-corrected chi connectivity index (χ2v) is 5.10. The van der Waals surface area contributed by atoms with Gasteiger partial charge in [0, 0.05) is 17.8 Å². The van der Waals surface area contributed by atoms with E-state index in [4.69, 9.17) is 4.74 Å². The van der Waals surface area contributed by atoms with E-state index in [1.54, 1.807) is 0 Å². The number of nitrogens with one attached hydrogen (secondary N) is 1. The monoisotopic (exact) mass is 248 g/mol. The molecule has 0 aromatic carbocycles. The van der Waals surface area contributed by atoms with Crippen LogP contribution in [-0.2, 0) is 0 Å². The summed E-state index contributed by atoms with van der Waals surface area (Å²) in [5.74, 6) is 0.820. The highest BCUT2D eigenvalue weighted by atomic mass is 16.5. The Morgan fingerprint density at radius 1 is 1.44 bits per heavy atom. The van der Waals surface area contributed by atoms with Crippen molar-refractivity contribution >= 4 is 0 Å². The first kappa shape index (κ1) is 13.3. The van der Waals surface area contributed by atoms with Gasteiger partial charge in [-0.3, -0.25) is 0 Å². The van der Waals surface area contributed by atoms with Crippen molar-refractivity contribution in [3.8, 4) is 5.88 Å². The molecule has 1 heterocycles. The highest BCUT2D eigenvalue weighted by molar-refractivity contribution is 5.28. The maximum Gasteiger partial charge on any atom is 0.218 e. The van der Waals surface area contributed by atoms with Crippen LogP contribution in [0.1, 0.15) is 57.6 Å². The standard InChI is InChI=1S/C15H24N2O/c1-3-10-16-12(2)14-9-6-11-17-15(14)18-13-7-4-5-8-13/h6,9,11-13,16H,3-5,7-8,10H2,1-2H3. The average Bonchev–Trinajstić information content (AvgIpc) is 2.89. The van der Waals surface area contributed by atoms with E-state index in [-0.39, 0.29) is 0 Å². The van der Waals surface area contributed by atoms with Gasteiger partial charge in [0.25, 0.3) is 0 Å². The molecule has 18 heavy (non-hydrogen) atoms. The number of aromatic nitrogens is 1. The van der Waals surface area contributed by atoms with E-state index in [0.29, 0.717) is 12.1 Å². The third-order valence-electron chi connectivity index (χ3n) is 3.55. The van der Waals surface area contributed by atoms with Gasteiger partial charge in [-0.05, 0) is 51.6 Å². The topological polar surface area (TPSA) is 34.2 Å². The van der Waals surface area contributed by atoms with E-state index in [1.165, 1.54) is 31.2 Å². The van der Waals surface area contributed by atoms with Gasteiger partial charge >= 0.3 is 0 Å². The predicted molar refractivity (Wildman–Crippen MR) is 73.8 cm³/mol. The van der Waals surface area contributed by atoms with E-state index in [9.17, 15) is 0 Å². The number of hydrogen-bond acceptors (Lipinski definition) is 3. The van der Waals surface area contributed by atoms with Crippen LogP contribution in [0.2, 0.25) is 0 Å². The van der Waals surface area contributed by atoms with E-state index in [2.05, 4.69) is 30.2 Å². The van der Waals surface area contributed by atoms with Crippen LogP contribution in [0.5, 0.6) is 5.88 Å². The van der Waals surface area contributed by atoms with Crippen LogP contribution in [-0.4, -0.2) is 17.6 Å². The SMILES string of the molecule is CCCNC(C)c1cccnc1OC1CCCC1. The first-order valence-electron chi connectivity index (χ1n) is 7.16. The number of hydrogen-bond donors (Lipinski definition) is 1. The molecule has 1 unspecified atom stereocenters. The zero-order valence-corrected chi connectivity index (χ0v) is 11.5. The maximum absolute atomic E-state index is 6.06. The second-order valence-electron chi connectivity index (χ2n) is 5.10. The zero-order valence-electron chi connectivity index (χ0n) is 11.5. The molecule has 3 heteroatoms. The Hall–Kier alpha value is -1.09. The lowest BCUT2D eigenvalue weighted by atomic mass is 10.1. The van der Waals surface area contributed by atoms with Crippen LogP contribution < -0.4 is 10.1 Å². The third kappa shape index (κ3) is 3.45. The smallest absolute Gasteiger partial charge is 0.218 e. The lowest BCUT2D eigenvalue weighted by molar-refractivity contribution is 0.197. The van der Waals surface area contributed by atoms with Crippen LogP contribution in [0.15, 0.2) is 18.3 Å². The van der Waals surface area contributed by atoms with E-state index < -0.39 is 0 Å². The van der Waals surface area contributed by atoms with Crippen molar-refractivity contribution < 1.29 is 4.74 Å². The molecule has 0 spiro atoms. The number of rotatable bonds is 6. The highest BCUT2D eigenvalue weighted by Gasteiger charge is 2.20. The molecule has 100 valence electrons. The maximum atomic E-state index is 6.06. The Morgan fingerprint density at radius 2 is 2.22 bits per heavy atom. The van der Waals surface area contributed by atoms with Gasteiger partial charge in [0.2, 0.25) is 5.88 Å². The van der Waals surface area contributed by atoms with E-state index >= 15 is 0 Å². The molecule has 3 nitrogen and oxygen atoms in total. The summed E-state index contributed by atoms with van der Waals surface area (Å²) >= 11 is 0. The van der Waals surface area contributed by atoms with Crippen molar-refractivity contribution in [2.75, 3.05) is 6.54 Å². The van der Waals surface area contributed by atoms with Crippen LogP contribution in [0, 0.1) is 0 Å². The van der Waals surface area contributed by atoms with Gasteiger partial charge in [-0.1, -0.05) is 13.0 Å². The molecule has 0 amide bonds. The fourth-order valence-corrected chi connectivity index (χ4v) is 2.47. The molecule has 1 aromatic heterocycles. The molecule has 1 fully saturated rings. The summed E-state index contributed by atoms with van der Waals surface area (Å²) < 4.78 is 6.06. The van der Waals surface area contributed by atoms with Crippen molar-refractivity contribution in [1.82, 2.24) is 10.3 Å². The van der Waals surface area contributed by atoms with Crippen molar-refractivity contribution in [2.24, 2.45) is 0 Å². The minimum Gasteiger partial charge on any atom is -0.474 e. The fraction of sp³-hybridized carbons (Fsp3) is 0.667. The molecule has 0 bridgehead atoms. The van der Waals surface area contributed by atoms with Gasteiger partial charge in [0.15, 0.2) is 0 Å². The molecule has 1 atom stereocenters. The van der Waals surface area contributed by atoms with E-state index in [0.717, 1.165) is 18.8 Å². The molecular formula is C15H24N2O. The number of ether oxygens (including phenoxy) is 1. The van der Waals surface area contributed by atoms with Crippen LogP contribution >= 0.6 is 0 Å². The van der Waals surface area contributed by atoms with Crippen LogP contribution in [0.4, 0.5) is 0 Å². The molecule has 1 aliphatic rings. The van der Waals surface area contributed by atoms with Crippen molar-refractivity contribution in [1.29, 1.82) is 0 Å². The summed E-state index contributed by atoms with van der Waals surface area (Å²) in [7, 11) is 0. The molecule has 1 aliphatic carbocycles. The Labute approximate surface area is 110 Å². The lowest BCUT2D eigenvalue weighted by Crippen LogP contribution is -2.21.